The molecular formula is C12H20O5. The van der Waals surface area contributed by atoms with Crippen molar-refractivity contribution in [3.63, 3.8) is 0 Å². The third-order valence-corrected chi connectivity index (χ3v) is 4.02. The first kappa shape index (κ1) is 11.9. The normalized spacial score (nSPS) is 46.1. The number of rotatable bonds is 1. The highest BCUT2D eigenvalue weighted by atomic mass is 16.8. The molecule has 2 saturated heterocycles. The fourth-order valence-electron chi connectivity index (χ4n) is 3.16. The number of hydrogen-bond acceptors (Lipinski definition) is 5. The predicted molar refractivity (Wildman–Crippen MR) is 58.1 cm³/mol. The van der Waals surface area contributed by atoms with Gasteiger partial charge in [0.05, 0.1) is 6.10 Å². The first-order valence-corrected chi connectivity index (χ1v) is 6.49. The lowest BCUT2D eigenvalue weighted by Gasteiger charge is -2.33. The van der Waals surface area contributed by atoms with Crippen LogP contribution in [-0.2, 0) is 14.2 Å². The average molecular weight is 244 g/mol. The van der Waals surface area contributed by atoms with Crippen LogP contribution < -0.4 is 0 Å². The van der Waals surface area contributed by atoms with E-state index in [-0.39, 0.29) is 6.10 Å². The van der Waals surface area contributed by atoms with Crippen molar-refractivity contribution in [1.29, 1.82) is 0 Å². The van der Waals surface area contributed by atoms with Crippen LogP contribution in [0.5, 0.6) is 0 Å². The van der Waals surface area contributed by atoms with E-state index < -0.39 is 30.4 Å². The molecule has 1 spiro atoms. The lowest BCUT2D eigenvalue weighted by Crippen LogP contribution is -2.39. The molecule has 0 bridgehead atoms. The van der Waals surface area contributed by atoms with Gasteiger partial charge >= 0.3 is 0 Å². The Hall–Kier alpha value is -0.200. The lowest BCUT2D eigenvalue weighted by atomic mass is 9.94. The molecule has 5 nitrogen and oxygen atoms in total. The van der Waals surface area contributed by atoms with Crippen LogP contribution in [0.25, 0.3) is 0 Å². The van der Waals surface area contributed by atoms with E-state index in [0.29, 0.717) is 0 Å². The highest BCUT2D eigenvalue weighted by molar-refractivity contribution is 4.98. The number of aliphatic hydroxyl groups is 2. The third-order valence-electron chi connectivity index (χ3n) is 4.02. The second-order valence-electron chi connectivity index (χ2n) is 5.37. The van der Waals surface area contributed by atoms with Gasteiger partial charge in [0.1, 0.15) is 18.3 Å². The molecule has 0 aromatic rings. The van der Waals surface area contributed by atoms with E-state index in [1.807, 2.05) is 0 Å². The van der Waals surface area contributed by atoms with Crippen LogP contribution in [0.2, 0.25) is 0 Å². The minimum Gasteiger partial charge on any atom is -0.391 e. The molecule has 0 amide bonds. The Labute approximate surface area is 101 Å². The average Bonchev–Trinajstić information content (AvgIpc) is 2.78. The van der Waals surface area contributed by atoms with Crippen LogP contribution in [0.15, 0.2) is 0 Å². The van der Waals surface area contributed by atoms with Gasteiger partial charge < -0.3 is 24.4 Å². The fraction of sp³-hybridized carbons (Fsp3) is 1.00. The van der Waals surface area contributed by atoms with Crippen molar-refractivity contribution in [2.45, 2.75) is 75.5 Å². The van der Waals surface area contributed by atoms with E-state index in [4.69, 9.17) is 14.2 Å². The molecule has 5 unspecified atom stereocenters. The second kappa shape index (κ2) is 4.17. The first-order valence-electron chi connectivity index (χ1n) is 6.49. The zero-order valence-corrected chi connectivity index (χ0v) is 10.0. The van der Waals surface area contributed by atoms with Gasteiger partial charge in [0, 0.05) is 12.8 Å². The van der Waals surface area contributed by atoms with Crippen LogP contribution >= 0.6 is 0 Å². The molecule has 3 aliphatic rings. The highest BCUT2D eigenvalue weighted by Gasteiger charge is 2.58. The van der Waals surface area contributed by atoms with Crippen molar-refractivity contribution in [3.05, 3.63) is 0 Å². The summed E-state index contributed by atoms with van der Waals surface area (Å²) in [7, 11) is 0. The van der Waals surface area contributed by atoms with Crippen LogP contribution in [0, 0.1) is 0 Å². The molecule has 3 fully saturated rings. The maximum Gasteiger partial charge on any atom is 0.184 e. The van der Waals surface area contributed by atoms with Gasteiger partial charge in [-0.25, -0.2) is 0 Å². The topological polar surface area (TPSA) is 68.2 Å². The van der Waals surface area contributed by atoms with E-state index in [9.17, 15) is 10.2 Å². The van der Waals surface area contributed by atoms with Crippen molar-refractivity contribution in [1.82, 2.24) is 0 Å². The Balaban J connectivity index is 1.77. The third kappa shape index (κ3) is 1.90. The van der Waals surface area contributed by atoms with Crippen molar-refractivity contribution in [2.24, 2.45) is 0 Å². The maximum atomic E-state index is 9.79. The fourth-order valence-corrected chi connectivity index (χ4v) is 3.16. The van der Waals surface area contributed by atoms with Gasteiger partial charge in [-0.1, -0.05) is 6.42 Å². The molecule has 0 radical (unpaired) electrons. The number of aliphatic hydroxyl groups excluding tert-OH is 2. The van der Waals surface area contributed by atoms with Gasteiger partial charge in [0.25, 0.3) is 0 Å². The quantitative estimate of drug-likeness (QED) is 0.704. The van der Waals surface area contributed by atoms with Crippen LogP contribution in [0.1, 0.15) is 39.0 Å². The molecule has 2 heterocycles. The van der Waals surface area contributed by atoms with Gasteiger partial charge in [0.15, 0.2) is 12.1 Å². The minimum absolute atomic E-state index is 0.344. The summed E-state index contributed by atoms with van der Waals surface area (Å²) < 4.78 is 17.2. The lowest BCUT2D eigenvalue weighted by molar-refractivity contribution is -0.253. The monoisotopic (exact) mass is 244 g/mol. The van der Waals surface area contributed by atoms with Gasteiger partial charge in [0.2, 0.25) is 0 Å². The van der Waals surface area contributed by atoms with Crippen LogP contribution in [0.4, 0.5) is 0 Å². The molecule has 3 rings (SSSR count). The smallest absolute Gasteiger partial charge is 0.184 e. The SMILES string of the molecule is CC(O)C1OC(O)C2OC3(CCCCC3)OC12. The molecule has 2 N–H and O–H groups in total. The second-order valence-corrected chi connectivity index (χ2v) is 5.37. The molecule has 0 aromatic carbocycles. The predicted octanol–water partition coefficient (Wildman–Crippen LogP) is 0.529. The standard InChI is InChI=1S/C12H20O5/c1-7(13)8-9-10(11(14)15-8)17-12(16-9)5-3-2-4-6-12/h7-11,13-14H,2-6H2,1H3. The van der Waals surface area contributed by atoms with E-state index in [0.717, 1.165) is 25.7 Å². The zero-order chi connectivity index (χ0) is 12.0. The summed E-state index contributed by atoms with van der Waals surface area (Å²) in [5.41, 5.74) is 0. The molecular weight excluding hydrogens is 224 g/mol. The Morgan fingerprint density at radius 3 is 2.41 bits per heavy atom. The van der Waals surface area contributed by atoms with Crippen LogP contribution in [-0.4, -0.2) is 46.7 Å². The van der Waals surface area contributed by atoms with Crippen molar-refractivity contribution in [2.75, 3.05) is 0 Å². The van der Waals surface area contributed by atoms with E-state index in [2.05, 4.69) is 0 Å². The molecule has 5 atom stereocenters. The van der Waals surface area contributed by atoms with Crippen LogP contribution in [0.3, 0.4) is 0 Å². The molecule has 1 aliphatic carbocycles. The van der Waals surface area contributed by atoms with Crippen molar-refractivity contribution in [3.8, 4) is 0 Å². The van der Waals surface area contributed by atoms with E-state index in [1.165, 1.54) is 6.42 Å². The van der Waals surface area contributed by atoms with Crippen molar-refractivity contribution >= 4 is 0 Å². The highest BCUT2D eigenvalue weighted by Crippen LogP contribution is 2.45. The Bertz CT molecular complexity index is 287. The number of ether oxygens (including phenoxy) is 3. The van der Waals surface area contributed by atoms with E-state index in [1.54, 1.807) is 6.92 Å². The van der Waals surface area contributed by atoms with Gasteiger partial charge in [-0.2, -0.15) is 0 Å². The molecule has 2 aliphatic heterocycles. The maximum absolute atomic E-state index is 9.79. The summed E-state index contributed by atoms with van der Waals surface area (Å²) in [6, 6.07) is 0. The van der Waals surface area contributed by atoms with E-state index >= 15 is 0 Å². The van der Waals surface area contributed by atoms with Crippen molar-refractivity contribution < 1.29 is 24.4 Å². The Kier molecular flexibility index (Phi) is 2.91. The number of fused-ring (bicyclic) bond motifs is 1. The molecule has 17 heavy (non-hydrogen) atoms. The largest absolute Gasteiger partial charge is 0.391 e. The Morgan fingerprint density at radius 2 is 1.76 bits per heavy atom. The zero-order valence-electron chi connectivity index (χ0n) is 10.0. The van der Waals surface area contributed by atoms with Gasteiger partial charge in [-0.3, -0.25) is 0 Å². The first-order chi connectivity index (χ1) is 8.11. The minimum atomic E-state index is -0.985. The summed E-state index contributed by atoms with van der Waals surface area (Å²) in [6.45, 7) is 1.65. The van der Waals surface area contributed by atoms with Gasteiger partial charge in [-0.05, 0) is 19.8 Å². The summed E-state index contributed by atoms with van der Waals surface area (Å²) in [6.07, 6.45) is 2.21. The summed E-state index contributed by atoms with van der Waals surface area (Å²) >= 11 is 0. The molecule has 5 heteroatoms. The molecule has 0 aromatic heterocycles. The van der Waals surface area contributed by atoms with Gasteiger partial charge in [-0.15, -0.1) is 0 Å². The Morgan fingerprint density at radius 1 is 1.12 bits per heavy atom. The summed E-state index contributed by atoms with van der Waals surface area (Å²) in [4.78, 5) is 0. The summed E-state index contributed by atoms with van der Waals surface area (Å²) in [5.74, 6) is -0.536. The summed E-state index contributed by atoms with van der Waals surface area (Å²) in [5, 5.41) is 19.4. The molecule has 1 saturated carbocycles. The molecule has 98 valence electrons. The number of hydrogen-bond donors (Lipinski definition) is 2.